The number of anilines is 2. The summed E-state index contributed by atoms with van der Waals surface area (Å²) in [4.78, 5) is 17.0. The minimum absolute atomic E-state index is 0.0833. The van der Waals surface area contributed by atoms with Gasteiger partial charge in [0.15, 0.2) is 5.65 Å². The van der Waals surface area contributed by atoms with Crippen molar-refractivity contribution in [2.75, 3.05) is 5.32 Å². The van der Waals surface area contributed by atoms with Gasteiger partial charge in [-0.25, -0.2) is 4.52 Å². The molecule has 0 bridgehead atoms. The van der Waals surface area contributed by atoms with E-state index in [9.17, 15) is 18.0 Å². The molecule has 2 N–H and O–H groups in total. The van der Waals surface area contributed by atoms with Crippen molar-refractivity contribution in [3.05, 3.63) is 77.9 Å². The van der Waals surface area contributed by atoms with Crippen molar-refractivity contribution in [2.24, 2.45) is 0 Å². The first-order valence-corrected chi connectivity index (χ1v) is 11.6. The molecule has 4 aromatic rings. The molecule has 1 saturated carbocycles. The Labute approximate surface area is 200 Å². The molecule has 0 unspecified atom stereocenters. The fourth-order valence-electron chi connectivity index (χ4n) is 4.38. The molecule has 1 amide bonds. The van der Waals surface area contributed by atoms with E-state index in [0.717, 1.165) is 37.8 Å². The fourth-order valence-corrected chi connectivity index (χ4v) is 4.38. The van der Waals surface area contributed by atoms with Crippen LogP contribution in [0.2, 0.25) is 0 Å². The standard InChI is InChI=1S/C26H24F3N5O/c27-26(28,29)19-7-4-6-18(16-19)22-10-5-11-23-32-25(33-34(22)23)31-21-14-12-17(13-15-21)24(35)30-20-8-2-1-3-9-20/h4-7,10-16,20H,1-3,8-9H2,(H,30,35)(H,31,33). The minimum Gasteiger partial charge on any atom is -0.349 e. The molecule has 35 heavy (non-hydrogen) atoms. The molecule has 0 spiro atoms. The Morgan fingerprint density at radius 2 is 1.69 bits per heavy atom. The predicted octanol–water partition coefficient (Wildman–Crippen LogP) is 6.22. The molecule has 1 aliphatic rings. The molecule has 2 heterocycles. The number of benzene rings is 2. The van der Waals surface area contributed by atoms with Gasteiger partial charge < -0.3 is 10.6 Å². The van der Waals surface area contributed by atoms with Crippen LogP contribution in [0.1, 0.15) is 48.0 Å². The Morgan fingerprint density at radius 1 is 0.943 bits per heavy atom. The van der Waals surface area contributed by atoms with Crippen LogP contribution in [0.25, 0.3) is 16.9 Å². The second-order valence-electron chi connectivity index (χ2n) is 8.71. The Bertz CT molecular complexity index is 1340. The third-order valence-corrected chi connectivity index (χ3v) is 6.19. The maximum Gasteiger partial charge on any atom is 0.416 e. The SMILES string of the molecule is O=C(NC1CCCCC1)c1ccc(Nc2nc3cccc(-c4cccc(C(F)(F)F)c4)n3n2)cc1. The van der Waals surface area contributed by atoms with Crippen LogP contribution in [0, 0.1) is 0 Å². The maximum atomic E-state index is 13.2. The van der Waals surface area contributed by atoms with Gasteiger partial charge in [0.25, 0.3) is 5.91 Å². The number of alkyl halides is 3. The minimum atomic E-state index is -4.43. The summed E-state index contributed by atoms with van der Waals surface area (Å²) in [5.41, 5.74) is 1.91. The number of carbonyl (C=O) groups is 1. The van der Waals surface area contributed by atoms with E-state index in [1.165, 1.54) is 17.0 Å². The number of fused-ring (bicyclic) bond motifs is 1. The molecule has 2 aromatic heterocycles. The number of nitrogens with zero attached hydrogens (tertiary/aromatic N) is 3. The zero-order valence-electron chi connectivity index (χ0n) is 18.8. The number of rotatable bonds is 5. The van der Waals surface area contributed by atoms with Crippen LogP contribution in [0.15, 0.2) is 66.7 Å². The summed E-state index contributed by atoms with van der Waals surface area (Å²) in [5.74, 6) is 0.212. The van der Waals surface area contributed by atoms with Crippen molar-refractivity contribution in [1.29, 1.82) is 0 Å². The van der Waals surface area contributed by atoms with E-state index >= 15 is 0 Å². The summed E-state index contributed by atoms with van der Waals surface area (Å²) >= 11 is 0. The molecule has 1 fully saturated rings. The number of hydrogen-bond donors (Lipinski definition) is 2. The van der Waals surface area contributed by atoms with E-state index in [2.05, 4.69) is 20.7 Å². The Hall–Kier alpha value is -3.88. The highest BCUT2D eigenvalue weighted by atomic mass is 19.4. The number of amides is 1. The van der Waals surface area contributed by atoms with E-state index in [1.807, 2.05) is 0 Å². The predicted molar refractivity (Wildman–Crippen MR) is 127 cm³/mol. The lowest BCUT2D eigenvalue weighted by Crippen LogP contribution is -2.36. The van der Waals surface area contributed by atoms with E-state index in [1.54, 1.807) is 48.5 Å². The number of halogens is 3. The highest BCUT2D eigenvalue weighted by Crippen LogP contribution is 2.32. The van der Waals surface area contributed by atoms with E-state index in [-0.39, 0.29) is 11.9 Å². The molecule has 6 nitrogen and oxygen atoms in total. The number of pyridine rings is 1. The topological polar surface area (TPSA) is 71.3 Å². The molecule has 180 valence electrons. The van der Waals surface area contributed by atoms with Gasteiger partial charge in [0, 0.05) is 22.9 Å². The van der Waals surface area contributed by atoms with E-state index in [0.29, 0.717) is 34.1 Å². The van der Waals surface area contributed by atoms with Gasteiger partial charge in [-0.1, -0.05) is 37.5 Å². The van der Waals surface area contributed by atoms with Gasteiger partial charge in [0.2, 0.25) is 5.95 Å². The van der Waals surface area contributed by atoms with Gasteiger partial charge >= 0.3 is 6.18 Å². The monoisotopic (exact) mass is 479 g/mol. The van der Waals surface area contributed by atoms with Gasteiger partial charge in [-0.2, -0.15) is 18.2 Å². The van der Waals surface area contributed by atoms with Crippen LogP contribution in [-0.2, 0) is 6.18 Å². The largest absolute Gasteiger partial charge is 0.416 e. The van der Waals surface area contributed by atoms with E-state index in [4.69, 9.17) is 0 Å². The van der Waals surface area contributed by atoms with Crippen LogP contribution in [0.5, 0.6) is 0 Å². The molecular formula is C26H24F3N5O. The van der Waals surface area contributed by atoms with Crippen molar-refractivity contribution in [3.8, 4) is 11.3 Å². The van der Waals surface area contributed by atoms with Crippen LogP contribution in [-0.4, -0.2) is 26.5 Å². The van der Waals surface area contributed by atoms with Crippen molar-refractivity contribution < 1.29 is 18.0 Å². The Morgan fingerprint density at radius 3 is 2.43 bits per heavy atom. The van der Waals surface area contributed by atoms with Gasteiger partial charge in [-0.3, -0.25) is 4.79 Å². The first kappa shape index (κ1) is 22.9. The van der Waals surface area contributed by atoms with Gasteiger partial charge in [0.1, 0.15) is 0 Å². The zero-order valence-corrected chi connectivity index (χ0v) is 18.8. The molecule has 0 atom stereocenters. The van der Waals surface area contributed by atoms with Crippen molar-refractivity contribution in [3.63, 3.8) is 0 Å². The highest BCUT2D eigenvalue weighted by molar-refractivity contribution is 5.94. The van der Waals surface area contributed by atoms with Gasteiger partial charge in [0.05, 0.1) is 11.3 Å². The molecule has 5 rings (SSSR count). The third-order valence-electron chi connectivity index (χ3n) is 6.19. The molecule has 9 heteroatoms. The second-order valence-corrected chi connectivity index (χ2v) is 8.71. The van der Waals surface area contributed by atoms with Crippen LogP contribution in [0.3, 0.4) is 0 Å². The summed E-state index contributed by atoms with van der Waals surface area (Å²) < 4.78 is 41.0. The Balaban J connectivity index is 1.34. The Kier molecular flexibility index (Phi) is 6.15. The summed E-state index contributed by atoms with van der Waals surface area (Å²) in [5, 5.41) is 10.6. The lowest BCUT2D eigenvalue weighted by molar-refractivity contribution is -0.137. The van der Waals surface area contributed by atoms with E-state index < -0.39 is 11.7 Å². The summed E-state index contributed by atoms with van der Waals surface area (Å²) in [6, 6.07) is 17.5. The average Bonchev–Trinajstić information content (AvgIpc) is 3.27. The summed E-state index contributed by atoms with van der Waals surface area (Å²) in [6.07, 6.45) is 1.13. The molecule has 2 aromatic carbocycles. The number of aromatic nitrogens is 3. The van der Waals surface area contributed by atoms with Crippen molar-refractivity contribution >= 4 is 23.2 Å². The average molecular weight is 480 g/mol. The molecule has 0 aliphatic heterocycles. The normalized spacial score (nSPS) is 14.7. The quantitative estimate of drug-likeness (QED) is 0.356. The second kappa shape index (κ2) is 9.40. The lowest BCUT2D eigenvalue weighted by Gasteiger charge is -2.22. The lowest BCUT2D eigenvalue weighted by atomic mass is 9.95. The fraction of sp³-hybridized carbons (Fsp3) is 0.269. The smallest absolute Gasteiger partial charge is 0.349 e. The van der Waals surface area contributed by atoms with Gasteiger partial charge in [-0.15, -0.1) is 5.10 Å². The van der Waals surface area contributed by atoms with Crippen molar-refractivity contribution in [2.45, 2.75) is 44.3 Å². The van der Waals surface area contributed by atoms with Crippen LogP contribution < -0.4 is 10.6 Å². The first-order valence-electron chi connectivity index (χ1n) is 11.6. The first-order chi connectivity index (χ1) is 16.9. The molecule has 0 saturated heterocycles. The van der Waals surface area contributed by atoms with Gasteiger partial charge in [-0.05, 0) is 61.4 Å². The highest BCUT2D eigenvalue weighted by Gasteiger charge is 2.30. The molecular weight excluding hydrogens is 455 g/mol. The zero-order chi connectivity index (χ0) is 24.4. The summed E-state index contributed by atoms with van der Waals surface area (Å²) in [6.45, 7) is 0. The number of hydrogen-bond acceptors (Lipinski definition) is 4. The van der Waals surface area contributed by atoms with Crippen LogP contribution in [0.4, 0.5) is 24.8 Å². The number of carbonyl (C=O) groups excluding carboxylic acids is 1. The maximum absolute atomic E-state index is 13.2. The summed E-state index contributed by atoms with van der Waals surface area (Å²) in [7, 11) is 0. The number of nitrogens with one attached hydrogen (secondary N) is 2. The third kappa shape index (κ3) is 5.13. The molecule has 1 aliphatic carbocycles. The van der Waals surface area contributed by atoms with Crippen LogP contribution >= 0.6 is 0 Å². The van der Waals surface area contributed by atoms with Crippen molar-refractivity contribution in [1.82, 2.24) is 19.9 Å². The molecule has 0 radical (unpaired) electrons.